The lowest BCUT2D eigenvalue weighted by atomic mass is 10.1. The Hall–Kier alpha value is -1.92. The average molecular weight is 378 g/mol. The van der Waals surface area contributed by atoms with Crippen molar-refractivity contribution < 1.29 is 4.74 Å². The summed E-state index contributed by atoms with van der Waals surface area (Å²) in [5.74, 6) is 0.799. The van der Waals surface area contributed by atoms with Gasteiger partial charge in [-0.25, -0.2) is 0 Å². The molecule has 114 valence electrons. The molecule has 2 aromatic rings. The van der Waals surface area contributed by atoms with Crippen molar-refractivity contribution in [2.45, 2.75) is 6.92 Å². The van der Waals surface area contributed by atoms with Gasteiger partial charge in [-0.05, 0) is 61.1 Å². The van der Waals surface area contributed by atoms with Crippen LogP contribution >= 0.6 is 28.1 Å². The summed E-state index contributed by atoms with van der Waals surface area (Å²) in [5.41, 5.74) is 5.58. The van der Waals surface area contributed by atoms with Gasteiger partial charge in [0, 0.05) is 10.2 Å². The summed E-state index contributed by atoms with van der Waals surface area (Å²) in [4.78, 5) is 0. The Morgan fingerprint density at radius 3 is 2.55 bits per heavy atom. The Morgan fingerprint density at radius 1 is 1.18 bits per heavy atom. The summed E-state index contributed by atoms with van der Waals surface area (Å²) in [6.45, 7) is 1.92. The van der Waals surface area contributed by atoms with E-state index < -0.39 is 0 Å². The second kappa shape index (κ2) is 7.91. The van der Waals surface area contributed by atoms with Gasteiger partial charge in [0.05, 0.1) is 12.8 Å². The fourth-order valence-corrected chi connectivity index (χ4v) is 2.31. The van der Waals surface area contributed by atoms with E-state index in [-0.39, 0.29) is 0 Å². The van der Waals surface area contributed by atoms with Crippen LogP contribution in [0.25, 0.3) is 0 Å². The largest absolute Gasteiger partial charge is 0.497 e. The third kappa shape index (κ3) is 4.82. The van der Waals surface area contributed by atoms with Crippen LogP contribution in [0.2, 0.25) is 0 Å². The van der Waals surface area contributed by atoms with Gasteiger partial charge < -0.3 is 10.1 Å². The molecule has 0 fully saturated rings. The van der Waals surface area contributed by atoms with Crippen molar-refractivity contribution >= 4 is 44.7 Å². The molecular formula is C16H16BrN3OS. The SMILES string of the molecule is COc1ccc(NC(=S)N/N=C(/C)c2cccc(Br)c2)cc1. The molecule has 0 aromatic heterocycles. The number of nitrogens with zero attached hydrogens (tertiary/aromatic N) is 1. The molecule has 0 radical (unpaired) electrons. The molecule has 0 aliphatic rings. The van der Waals surface area contributed by atoms with Crippen molar-refractivity contribution in [3.05, 3.63) is 58.6 Å². The van der Waals surface area contributed by atoms with Crippen molar-refractivity contribution in [1.29, 1.82) is 0 Å². The molecule has 0 heterocycles. The van der Waals surface area contributed by atoms with Crippen LogP contribution in [0.1, 0.15) is 12.5 Å². The maximum Gasteiger partial charge on any atom is 0.191 e. The Bertz CT molecular complexity index is 686. The lowest BCUT2D eigenvalue weighted by Crippen LogP contribution is -2.24. The molecular weight excluding hydrogens is 362 g/mol. The predicted molar refractivity (Wildman–Crippen MR) is 98.7 cm³/mol. The van der Waals surface area contributed by atoms with Crippen molar-refractivity contribution in [2.75, 3.05) is 12.4 Å². The minimum absolute atomic E-state index is 0.430. The molecule has 0 atom stereocenters. The molecule has 2 rings (SSSR count). The zero-order valence-electron chi connectivity index (χ0n) is 12.3. The lowest BCUT2D eigenvalue weighted by molar-refractivity contribution is 0.415. The number of hydrazone groups is 1. The van der Waals surface area contributed by atoms with E-state index in [1.807, 2.05) is 55.5 Å². The average Bonchev–Trinajstić information content (AvgIpc) is 2.53. The third-order valence-corrected chi connectivity index (χ3v) is 3.60. The molecule has 0 spiro atoms. The number of hydrogen-bond acceptors (Lipinski definition) is 3. The zero-order valence-corrected chi connectivity index (χ0v) is 14.7. The zero-order chi connectivity index (χ0) is 15.9. The highest BCUT2D eigenvalue weighted by atomic mass is 79.9. The molecule has 0 unspecified atom stereocenters. The molecule has 0 amide bonds. The van der Waals surface area contributed by atoms with Crippen molar-refractivity contribution in [3.63, 3.8) is 0 Å². The topological polar surface area (TPSA) is 45.6 Å². The monoisotopic (exact) mass is 377 g/mol. The van der Waals surface area contributed by atoms with Crippen molar-refractivity contribution in [2.24, 2.45) is 5.10 Å². The normalized spacial score (nSPS) is 11.0. The molecule has 0 saturated carbocycles. The number of nitrogens with one attached hydrogen (secondary N) is 2. The van der Waals surface area contributed by atoms with E-state index in [0.29, 0.717) is 5.11 Å². The second-order valence-electron chi connectivity index (χ2n) is 4.50. The number of rotatable bonds is 4. The van der Waals surface area contributed by atoms with Crippen LogP contribution in [0, 0.1) is 0 Å². The summed E-state index contributed by atoms with van der Waals surface area (Å²) >= 11 is 8.66. The van der Waals surface area contributed by atoms with Gasteiger partial charge in [0.1, 0.15) is 5.75 Å². The lowest BCUT2D eigenvalue weighted by Gasteiger charge is -2.09. The second-order valence-corrected chi connectivity index (χ2v) is 5.83. The van der Waals surface area contributed by atoms with Crippen LogP contribution in [0.15, 0.2) is 58.1 Å². The summed E-state index contributed by atoms with van der Waals surface area (Å²) in [7, 11) is 1.63. The fraction of sp³-hybridized carbons (Fsp3) is 0.125. The van der Waals surface area contributed by atoms with E-state index in [2.05, 4.69) is 31.8 Å². The number of hydrogen-bond donors (Lipinski definition) is 2. The number of benzene rings is 2. The standard InChI is InChI=1S/C16H16BrN3OS/c1-11(12-4-3-5-13(17)10-12)19-20-16(22)18-14-6-8-15(21-2)9-7-14/h3-10H,1-2H3,(H2,18,20,22)/b19-11-. The predicted octanol–water partition coefficient (Wildman–Crippen LogP) is 4.17. The van der Waals surface area contributed by atoms with E-state index in [1.54, 1.807) is 7.11 Å². The van der Waals surface area contributed by atoms with E-state index in [4.69, 9.17) is 17.0 Å². The summed E-state index contributed by atoms with van der Waals surface area (Å²) in [6.07, 6.45) is 0. The van der Waals surface area contributed by atoms with Gasteiger partial charge in [-0.1, -0.05) is 28.1 Å². The van der Waals surface area contributed by atoms with Gasteiger partial charge in [-0.15, -0.1) is 0 Å². The Balaban J connectivity index is 1.95. The number of methoxy groups -OCH3 is 1. The first-order chi connectivity index (χ1) is 10.6. The maximum absolute atomic E-state index is 5.22. The van der Waals surface area contributed by atoms with Gasteiger partial charge in [-0.2, -0.15) is 5.10 Å². The first kappa shape index (κ1) is 16.5. The maximum atomic E-state index is 5.22. The van der Waals surface area contributed by atoms with Crippen LogP contribution in [0.3, 0.4) is 0 Å². The van der Waals surface area contributed by atoms with Gasteiger partial charge in [-0.3, -0.25) is 5.43 Å². The van der Waals surface area contributed by atoms with Crippen LogP contribution in [0.4, 0.5) is 5.69 Å². The van der Waals surface area contributed by atoms with Crippen LogP contribution in [-0.4, -0.2) is 17.9 Å². The molecule has 0 bridgehead atoms. The highest BCUT2D eigenvalue weighted by molar-refractivity contribution is 9.10. The highest BCUT2D eigenvalue weighted by Gasteiger charge is 2.00. The molecule has 0 aliphatic carbocycles. The van der Waals surface area contributed by atoms with Gasteiger partial charge in [0.15, 0.2) is 5.11 Å². The summed E-state index contributed by atoms with van der Waals surface area (Å²) in [6, 6.07) is 15.4. The van der Waals surface area contributed by atoms with Gasteiger partial charge in [0.25, 0.3) is 0 Å². The number of halogens is 1. The summed E-state index contributed by atoms with van der Waals surface area (Å²) in [5, 5.41) is 7.77. The van der Waals surface area contributed by atoms with Gasteiger partial charge >= 0.3 is 0 Å². The minimum atomic E-state index is 0.430. The third-order valence-electron chi connectivity index (χ3n) is 2.92. The number of ether oxygens (including phenoxy) is 1. The number of thiocarbonyl (C=S) groups is 1. The summed E-state index contributed by atoms with van der Waals surface area (Å²) < 4.78 is 6.12. The van der Waals surface area contributed by atoms with Crippen LogP contribution in [0.5, 0.6) is 5.75 Å². The van der Waals surface area contributed by atoms with Crippen LogP contribution < -0.4 is 15.5 Å². The van der Waals surface area contributed by atoms with E-state index in [9.17, 15) is 0 Å². The fourth-order valence-electron chi connectivity index (χ4n) is 1.75. The number of anilines is 1. The molecule has 22 heavy (non-hydrogen) atoms. The van der Waals surface area contributed by atoms with E-state index >= 15 is 0 Å². The first-order valence-corrected chi connectivity index (χ1v) is 7.80. The molecule has 0 saturated heterocycles. The molecule has 0 aliphatic heterocycles. The van der Waals surface area contributed by atoms with E-state index in [0.717, 1.165) is 27.2 Å². The van der Waals surface area contributed by atoms with Gasteiger partial charge in [0.2, 0.25) is 0 Å². The Morgan fingerprint density at radius 2 is 1.91 bits per heavy atom. The molecule has 4 nitrogen and oxygen atoms in total. The Labute approximate surface area is 143 Å². The van der Waals surface area contributed by atoms with Crippen LogP contribution in [-0.2, 0) is 0 Å². The highest BCUT2D eigenvalue weighted by Crippen LogP contribution is 2.15. The quantitative estimate of drug-likeness (QED) is 0.476. The molecule has 2 aromatic carbocycles. The minimum Gasteiger partial charge on any atom is -0.497 e. The van der Waals surface area contributed by atoms with E-state index in [1.165, 1.54) is 0 Å². The molecule has 2 N–H and O–H groups in total. The smallest absolute Gasteiger partial charge is 0.191 e. The van der Waals surface area contributed by atoms with Crippen molar-refractivity contribution in [3.8, 4) is 5.75 Å². The Kier molecular flexibility index (Phi) is 5.91. The molecule has 6 heteroatoms. The van der Waals surface area contributed by atoms with Crippen molar-refractivity contribution in [1.82, 2.24) is 5.43 Å². The first-order valence-electron chi connectivity index (χ1n) is 6.60.